The summed E-state index contributed by atoms with van der Waals surface area (Å²) in [6.07, 6.45) is 4.08. The predicted octanol–water partition coefficient (Wildman–Crippen LogP) is 3.83. The van der Waals surface area contributed by atoms with Crippen molar-refractivity contribution >= 4 is 27.7 Å². The number of hydrogen-bond acceptors (Lipinski definition) is 2. The Balaban J connectivity index is 1.91. The van der Waals surface area contributed by atoms with E-state index in [-0.39, 0.29) is 5.82 Å². The van der Waals surface area contributed by atoms with E-state index >= 15 is 0 Å². The number of benzene rings is 1. The van der Waals surface area contributed by atoms with E-state index in [1.807, 2.05) is 22.7 Å². The van der Waals surface area contributed by atoms with Crippen molar-refractivity contribution < 1.29 is 9.18 Å². The molecule has 2 heterocycles. The third-order valence-electron chi connectivity index (χ3n) is 3.36. The second-order valence-electron chi connectivity index (χ2n) is 4.76. The summed E-state index contributed by atoms with van der Waals surface area (Å²) in [4.78, 5) is 15.5. The van der Waals surface area contributed by atoms with Crippen LogP contribution in [0.15, 0.2) is 47.1 Å². The van der Waals surface area contributed by atoms with Gasteiger partial charge in [-0.2, -0.15) is 0 Å². The highest BCUT2D eigenvalue weighted by Crippen LogP contribution is 2.18. The van der Waals surface area contributed by atoms with E-state index in [4.69, 9.17) is 0 Å². The lowest BCUT2D eigenvalue weighted by Crippen LogP contribution is -1.98. The maximum atomic E-state index is 12.9. The molecule has 0 fully saturated rings. The number of fused-ring (bicyclic) bond motifs is 1. The summed E-state index contributed by atoms with van der Waals surface area (Å²) in [7, 11) is 0. The summed E-state index contributed by atoms with van der Waals surface area (Å²) in [6.45, 7) is 0. The van der Waals surface area contributed by atoms with Gasteiger partial charge in [0, 0.05) is 17.1 Å². The zero-order valence-electron chi connectivity index (χ0n) is 11.1. The van der Waals surface area contributed by atoms with Gasteiger partial charge in [-0.15, -0.1) is 0 Å². The van der Waals surface area contributed by atoms with E-state index < -0.39 is 0 Å². The fraction of sp³-hybridized carbons (Fsp3) is 0.125. The van der Waals surface area contributed by atoms with Crippen molar-refractivity contribution in [1.29, 1.82) is 0 Å². The van der Waals surface area contributed by atoms with Gasteiger partial charge in [-0.3, -0.25) is 4.79 Å². The number of nitrogens with zero attached hydrogens (tertiary/aromatic N) is 2. The van der Waals surface area contributed by atoms with Crippen LogP contribution >= 0.6 is 15.9 Å². The molecule has 0 atom stereocenters. The summed E-state index contributed by atoms with van der Waals surface area (Å²) in [5.41, 5.74) is 2.27. The molecule has 0 amide bonds. The van der Waals surface area contributed by atoms with Crippen LogP contribution in [0.1, 0.15) is 21.9 Å². The quantitative estimate of drug-likeness (QED) is 0.672. The molecule has 0 N–H and O–H groups in total. The molecule has 0 saturated carbocycles. The minimum atomic E-state index is -0.239. The number of rotatable bonds is 4. The van der Waals surface area contributed by atoms with Gasteiger partial charge in [0.25, 0.3) is 0 Å². The monoisotopic (exact) mass is 346 g/mol. The van der Waals surface area contributed by atoms with Crippen molar-refractivity contribution in [2.45, 2.75) is 12.8 Å². The summed E-state index contributed by atoms with van der Waals surface area (Å²) in [6, 6.07) is 10.2. The largest absolute Gasteiger partial charge is 0.302 e. The fourth-order valence-electron chi connectivity index (χ4n) is 2.32. The van der Waals surface area contributed by atoms with Gasteiger partial charge >= 0.3 is 0 Å². The van der Waals surface area contributed by atoms with E-state index in [2.05, 4.69) is 20.9 Å². The molecule has 3 aromatic rings. The molecule has 0 saturated heterocycles. The Bertz CT molecular complexity index is 796. The van der Waals surface area contributed by atoms with Crippen molar-refractivity contribution in [1.82, 2.24) is 9.38 Å². The smallest absolute Gasteiger partial charge is 0.170 e. The lowest BCUT2D eigenvalue weighted by molar-refractivity contribution is 0.112. The van der Waals surface area contributed by atoms with Crippen molar-refractivity contribution in [2.24, 2.45) is 0 Å². The average Bonchev–Trinajstić information content (AvgIpc) is 2.84. The minimum absolute atomic E-state index is 0.239. The van der Waals surface area contributed by atoms with Gasteiger partial charge in [0.15, 0.2) is 6.29 Å². The molecule has 1 aromatic carbocycles. The molecule has 21 heavy (non-hydrogen) atoms. The maximum absolute atomic E-state index is 12.9. The Hall–Kier alpha value is -2.01. The molecular weight excluding hydrogens is 335 g/mol. The molecule has 0 radical (unpaired) electrons. The van der Waals surface area contributed by atoms with Crippen LogP contribution in [0, 0.1) is 5.82 Å². The third-order valence-corrected chi connectivity index (χ3v) is 3.83. The van der Waals surface area contributed by atoms with Gasteiger partial charge in [-0.1, -0.05) is 12.1 Å². The maximum Gasteiger partial charge on any atom is 0.170 e. The molecule has 3 rings (SSSR count). The van der Waals surface area contributed by atoms with E-state index in [1.54, 1.807) is 12.1 Å². The summed E-state index contributed by atoms with van der Waals surface area (Å²) in [5, 5.41) is 0. The first-order valence-electron chi connectivity index (χ1n) is 6.53. The summed E-state index contributed by atoms with van der Waals surface area (Å²) < 4.78 is 15.7. The molecular formula is C16H12BrFN2O. The second kappa shape index (κ2) is 5.77. The molecule has 0 spiro atoms. The van der Waals surface area contributed by atoms with Crippen LogP contribution in [0.25, 0.3) is 5.52 Å². The number of pyridine rings is 1. The van der Waals surface area contributed by atoms with Crippen LogP contribution in [-0.4, -0.2) is 15.7 Å². The SMILES string of the molecule is O=Cc1nc(CCc2ccc(F)cc2)n2cc(Br)ccc12. The van der Waals surface area contributed by atoms with Crippen LogP contribution in [0.2, 0.25) is 0 Å². The van der Waals surface area contributed by atoms with Gasteiger partial charge in [-0.05, 0) is 52.2 Å². The number of carbonyl (C=O) groups excluding carboxylic acids is 1. The summed E-state index contributed by atoms with van der Waals surface area (Å²) >= 11 is 3.42. The first-order valence-corrected chi connectivity index (χ1v) is 7.33. The van der Waals surface area contributed by atoms with Crippen molar-refractivity contribution in [2.75, 3.05) is 0 Å². The number of halogens is 2. The van der Waals surface area contributed by atoms with E-state index in [0.717, 1.165) is 34.1 Å². The molecule has 106 valence electrons. The standard InChI is InChI=1S/C16H12BrFN2O/c17-12-4-7-15-14(10-21)19-16(20(15)9-12)8-3-11-1-5-13(18)6-2-11/h1-2,4-7,9-10H,3,8H2. The van der Waals surface area contributed by atoms with Crippen LogP contribution in [0.3, 0.4) is 0 Å². The number of hydrogen-bond donors (Lipinski definition) is 0. The highest BCUT2D eigenvalue weighted by molar-refractivity contribution is 9.10. The third kappa shape index (κ3) is 2.88. The van der Waals surface area contributed by atoms with Crippen molar-refractivity contribution in [3.8, 4) is 0 Å². The molecule has 3 nitrogen and oxygen atoms in total. The van der Waals surface area contributed by atoms with Gasteiger partial charge in [-0.25, -0.2) is 9.37 Å². The van der Waals surface area contributed by atoms with Gasteiger partial charge in [0.05, 0.1) is 5.52 Å². The first kappa shape index (κ1) is 13.9. The van der Waals surface area contributed by atoms with Crippen LogP contribution in [-0.2, 0) is 12.8 Å². The topological polar surface area (TPSA) is 34.4 Å². The van der Waals surface area contributed by atoms with E-state index in [9.17, 15) is 9.18 Å². The highest BCUT2D eigenvalue weighted by Gasteiger charge is 2.10. The Morgan fingerprint density at radius 1 is 1.14 bits per heavy atom. The van der Waals surface area contributed by atoms with Gasteiger partial charge in [0.2, 0.25) is 0 Å². The van der Waals surface area contributed by atoms with Gasteiger partial charge in [0.1, 0.15) is 17.3 Å². The Kier molecular flexibility index (Phi) is 3.84. The molecule has 0 unspecified atom stereocenters. The highest BCUT2D eigenvalue weighted by atomic mass is 79.9. The van der Waals surface area contributed by atoms with Gasteiger partial charge < -0.3 is 4.40 Å². The number of carbonyl (C=O) groups is 1. The van der Waals surface area contributed by atoms with Crippen LogP contribution < -0.4 is 0 Å². The molecule has 0 aliphatic heterocycles. The average molecular weight is 347 g/mol. The van der Waals surface area contributed by atoms with E-state index in [1.165, 1.54) is 12.1 Å². The molecule has 2 aromatic heterocycles. The van der Waals surface area contributed by atoms with Crippen LogP contribution in [0.4, 0.5) is 4.39 Å². The molecule has 0 aliphatic rings. The lowest BCUT2D eigenvalue weighted by Gasteiger charge is -2.03. The first-order chi connectivity index (χ1) is 10.2. The fourth-order valence-corrected chi connectivity index (χ4v) is 2.65. The number of aldehydes is 1. The zero-order chi connectivity index (χ0) is 14.8. The number of aromatic nitrogens is 2. The predicted molar refractivity (Wildman–Crippen MR) is 82.1 cm³/mol. The number of aryl methyl sites for hydroxylation is 2. The summed E-state index contributed by atoms with van der Waals surface area (Å²) in [5.74, 6) is 0.579. The molecule has 0 aliphatic carbocycles. The zero-order valence-corrected chi connectivity index (χ0v) is 12.7. The normalized spacial score (nSPS) is 11.0. The van der Waals surface area contributed by atoms with Crippen LogP contribution in [0.5, 0.6) is 0 Å². The Morgan fingerprint density at radius 2 is 1.90 bits per heavy atom. The molecule has 0 bridgehead atoms. The minimum Gasteiger partial charge on any atom is -0.302 e. The number of imidazole rings is 1. The Morgan fingerprint density at radius 3 is 2.62 bits per heavy atom. The second-order valence-corrected chi connectivity index (χ2v) is 5.68. The van der Waals surface area contributed by atoms with Crippen molar-refractivity contribution in [3.63, 3.8) is 0 Å². The Labute approximate surface area is 129 Å². The van der Waals surface area contributed by atoms with Crippen molar-refractivity contribution in [3.05, 3.63) is 70.0 Å². The molecule has 5 heteroatoms. The van der Waals surface area contributed by atoms with E-state index in [0.29, 0.717) is 12.1 Å². The lowest BCUT2D eigenvalue weighted by atomic mass is 10.1.